The average molecular weight is 263 g/mol. The van der Waals surface area contributed by atoms with Gasteiger partial charge in [-0.25, -0.2) is 0 Å². The van der Waals surface area contributed by atoms with Crippen molar-refractivity contribution in [3.8, 4) is 17.0 Å². The molecule has 4 heteroatoms. The molecule has 0 unspecified atom stereocenters. The van der Waals surface area contributed by atoms with Gasteiger partial charge < -0.3 is 9.72 Å². The number of thiazole rings is 1. The normalized spacial score (nSPS) is 10.9. The first kappa shape index (κ1) is 12.9. The van der Waals surface area contributed by atoms with E-state index in [0.29, 0.717) is 5.92 Å². The molecule has 0 atom stereocenters. The molecule has 0 spiro atoms. The number of rotatable bonds is 3. The second-order valence-corrected chi connectivity index (χ2v) is 5.75. The van der Waals surface area contributed by atoms with Crippen molar-refractivity contribution in [2.24, 2.45) is 0 Å². The molecule has 0 radical (unpaired) electrons. The number of aryl methyl sites for hydroxylation is 1. The summed E-state index contributed by atoms with van der Waals surface area (Å²) in [6, 6.07) is 6.11. The summed E-state index contributed by atoms with van der Waals surface area (Å²) in [5.41, 5.74) is 3.06. The highest BCUT2D eigenvalue weighted by Crippen LogP contribution is 2.33. The van der Waals surface area contributed by atoms with Crippen LogP contribution in [-0.4, -0.2) is 12.1 Å². The SMILES string of the molecule is COc1ccc(C(C)C)cc1-c1[nH]c(=O)sc1C. The van der Waals surface area contributed by atoms with Crippen LogP contribution >= 0.6 is 11.3 Å². The lowest BCUT2D eigenvalue weighted by Gasteiger charge is -2.12. The maximum atomic E-state index is 11.4. The number of aromatic nitrogens is 1. The molecule has 3 nitrogen and oxygen atoms in total. The Balaban J connectivity index is 2.64. The Kier molecular flexibility index (Phi) is 3.57. The molecule has 0 amide bonds. The van der Waals surface area contributed by atoms with Gasteiger partial charge in [-0.2, -0.15) is 0 Å². The molecule has 2 rings (SSSR count). The van der Waals surface area contributed by atoms with Crippen molar-refractivity contribution in [2.75, 3.05) is 7.11 Å². The van der Waals surface area contributed by atoms with E-state index in [1.807, 2.05) is 13.0 Å². The lowest BCUT2D eigenvalue weighted by Crippen LogP contribution is -1.96. The van der Waals surface area contributed by atoms with Crippen molar-refractivity contribution < 1.29 is 4.74 Å². The molecule has 0 saturated carbocycles. The molecule has 0 fully saturated rings. The summed E-state index contributed by atoms with van der Waals surface area (Å²) in [5, 5.41) is 0. The summed E-state index contributed by atoms with van der Waals surface area (Å²) in [6.07, 6.45) is 0. The Morgan fingerprint density at radius 3 is 2.56 bits per heavy atom. The Bertz CT molecular complexity index is 610. The zero-order valence-corrected chi connectivity index (χ0v) is 11.9. The van der Waals surface area contributed by atoms with Gasteiger partial charge in [-0.05, 0) is 30.5 Å². The first-order valence-corrected chi connectivity index (χ1v) is 6.72. The first-order valence-electron chi connectivity index (χ1n) is 5.91. The van der Waals surface area contributed by atoms with Crippen LogP contribution in [0.15, 0.2) is 23.0 Å². The van der Waals surface area contributed by atoms with Crippen LogP contribution in [0, 0.1) is 6.92 Å². The van der Waals surface area contributed by atoms with E-state index in [2.05, 4.69) is 31.0 Å². The minimum absolute atomic E-state index is 0.0282. The molecule has 0 aliphatic rings. The standard InChI is InChI=1S/C14H17NO2S/c1-8(2)10-5-6-12(17-4)11(7-10)13-9(3)18-14(16)15-13/h5-8H,1-4H3,(H,15,16). The molecule has 0 aliphatic carbocycles. The molecule has 0 bridgehead atoms. The molecular formula is C14H17NO2S. The van der Waals surface area contributed by atoms with Gasteiger partial charge in [-0.3, -0.25) is 4.79 Å². The predicted molar refractivity (Wildman–Crippen MR) is 75.8 cm³/mol. The van der Waals surface area contributed by atoms with Crippen LogP contribution in [0.2, 0.25) is 0 Å². The summed E-state index contributed by atoms with van der Waals surface area (Å²) in [7, 11) is 1.65. The van der Waals surface area contributed by atoms with E-state index >= 15 is 0 Å². The van der Waals surface area contributed by atoms with Gasteiger partial charge in [-0.15, -0.1) is 0 Å². The zero-order chi connectivity index (χ0) is 13.3. The fourth-order valence-electron chi connectivity index (χ4n) is 1.94. The smallest absolute Gasteiger partial charge is 0.305 e. The highest BCUT2D eigenvalue weighted by atomic mass is 32.1. The predicted octanol–water partition coefficient (Wildman–Crippen LogP) is 3.54. The van der Waals surface area contributed by atoms with Crippen LogP contribution in [0.1, 0.15) is 30.2 Å². The van der Waals surface area contributed by atoms with Gasteiger partial charge in [0.05, 0.1) is 12.8 Å². The number of H-pyrrole nitrogens is 1. The van der Waals surface area contributed by atoms with E-state index in [1.54, 1.807) is 7.11 Å². The van der Waals surface area contributed by atoms with Gasteiger partial charge in [-0.1, -0.05) is 31.3 Å². The van der Waals surface area contributed by atoms with E-state index in [0.717, 1.165) is 21.9 Å². The van der Waals surface area contributed by atoms with Gasteiger partial charge in [0.1, 0.15) is 5.75 Å². The van der Waals surface area contributed by atoms with Crippen molar-refractivity contribution in [1.29, 1.82) is 0 Å². The minimum Gasteiger partial charge on any atom is -0.496 e. The molecule has 0 saturated heterocycles. The third-order valence-corrected chi connectivity index (χ3v) is 3.78. The minimum atomic E-state index is -0.0282. The number of hydrogen-bond donors (Lipinski definition) is 1. The van der Waals surface area contributed by atoms with Gasteiger partial charge in [0, 0.05) is 10.4 Å². The third-order valence-electron chi connectivity index (χ3n) is 2.98. The van der Waals surface area contributed by atoms with Crippen LogP contribution in [0.25, 0.3) is 11.3 Å². The van der Waals surface area contributed by atoms with E-state index in [4.69, 9.17) is 4.74 Å². The highest BCUT2D eigenvalue weighted by Gasteiger charge is 2.13. The molecule has 18 heavy (non-hydrogen) atoms. The summed E-state index contributed by atoms with van der Waals surface area (Å²) in [5.74, 6) is 1.23. The van der Waals surface area contributed by atoms with Crippen LogP contribution < -0.4 is 9.61 Å². The molecule has 1 aromatic heterocycles. The van der Waals surface area contributed by atoms with Crippen LogP contribution in [-0.2, 0) is 0 Å². The molecule has 0 aliphatic heterocycles. The number of aromatic amines is 1. The van der Waals surface area contributed by atoms with Crippen LogP contribution in [0.5, 0.6) is 5.75 Å². The van der Waals surface area contributed by atoms with Gasteiger partial charge in [0.25, 0.3) is 0 Å². The van der Waals surface area contributed by atoms with Crippen LogP contribution in [0.4, 0.5) is 0 Å². The van der Waals surface area contributed by atoms with E-state index in [9.17, 15) is 4.79 Å². The first-order chi connectivity index (χ1) is 8.52. The highest BCUT2D eigenvalue weighted by molar-refractivity contribution is 7.09. The summed E-state index contributed by atoms with van der Waals surface area (Å²) >= 11 is 1.23. The summed E-state index contributed by atoms with van der Waals surface area (Å²) in [4.78, 5) is 15.3. The molecule has 96 valence electrons. The topological polar surface area (TPSA) is 42.1 Å². The fraction of sp³-hybridized carbons (Fsp3) is 0.357. The Morgan fingerprint density at radius 1 is 1.33 bits per heavy atom. The van der Waals surface area contributed by atoms with Gasteiger partial charge >= 0.3 is 4.87 Å². The quantitative estimate of drug-likeness (QED) is 0.920. The number of hydrogen-bond acceptors (Lipinski definition) is 3. The van der Waals surface area contributed by atoms with Crippen molar-refractivity contribution in [2.45, 2.75) is 26.7 Å². The Morgan fingerprint density at radius 2 is 2.06 bits per heavy atom. The number of methoxy groups -OCH3 is 1. The number of ether oxygens (including phenoxy) is 1. The Hall–Kier alpha value is -1.55. The maximum Gasteiger partial charge on any atom is 0.305 e. The maximum absolute atomic E-state index is 11.4. The fourth-order valence-corrected chi connectivity index (χ4v) is 2.64. The monoisotopic (exact) mass is 263 g/mol. The van der Waals surface area contributed by atoms with Crippen molar-refractivity contribution in [3.63, 3.8) is 0 Å². The number of benzene rings is 1. The van der Waals surface area contributed by atoms with Crippen molar-refractivity contribution in [3.05, 3.63) is 38.3 Å². The second-order valence-electron chi connectivity index (χ2n) is 4.56. The third kappa shape index (κ3) is 2.34. The molecule has 1 aromatic carbocycles. The van der Waals surface area contributed by atoms with E-state index < -0.39 is 0 Å². The van der Waals surface area contributed by atoms with Crippen molar-refractivity contribution >= 4 is 11.3 Å². The van der Waals surface area contributed by atoms with E-state index in [1.165, 1.54) is 16.9 Å². The molecular weight excluding hydrogens is 246 g/mol. The van der Waals surface area contributed by atoms with Crippen molar-refractivity contribution in [1.82, 2.24) is 4.98 Å². The molecule has 2 aromatic rings. The van der Waals surface area contributed by atoms with Gasteiger partial charge in [0.15, 0.2) is 0 Å². The largest absolute Gasteiger partial charge is 0.496 e. The van der Waals surface area contributed by atoms with E-state index in [-0.39, 0.29) is 4.87 Å². The Labute approximate surface area is 110 Å². The summed E-state index contributed by atoms with van der Waals surface area (Å²) < 4.78 is 5.38. The average Bonchev–Trinajstić information content (AvgIpc) is 2.67. The molecule has 1 heterocycles. The number of nitrogens with one attached hydrogen (secondary N) is 1. The van der Waals surface area contributed by atoms with Crippen LogP contribution in [0.3, 0.4) is 0 Å². The summed E-state index contributed by atoms with van der Waals surface area (Å²) in [6.45, 7) is 6.24. The zero-order valence-electron chi connectivity index (χ0n) is 11.0. The lowest BCUT2D eigenvalue weighted by atomic mass is 9.98. The molecule has 1 N–H and O–H groups in total. The lowest BCUT2D eigenvalue weighted by molar-refractivity contribution is 0.416. The second kappa shape index (κ2) is 4.98. The van der Waals surface area contributed by atoms with Gasteiger partial charge in [0.2, 0.25) is 0 Å².